The fourth-order valence-corrected chi connectivity index (χ4v) is 2.13. The van der Waals surface area contributed by atoms with E-state index in [1.807, 2.05) is 20.8 Å². The van der Waals surface area contributed by atoms with E-state index >= 15 is 0 Å². The Labute approximate surface area is 95.9 Å². The summed E-state index contributed by atoms with van der Waals surface area (Å²) in [6.45, 7) is 8.14. The van der Waals surface area contributed by atoms with Crippen molar-refractivity contribution in [2.75, 3.05) is 26.3 Å². The van der Waals surface area contributed by atoms with Gasteiger partial charge in [-0.1, -0.05) is 0 Å². The van der Waals surface area contributed by atoms with Gasteiger partial charge < -0.3 is 20.1 Å². The summed E-state index contributed by atoms with van der Waals surface area (Å²) < 4.78 is 10.5. The number of rotatable bonds is 0. The number of hydrogen-bond acceptors (Lipinski definition) is 4. The van der Waals surface area contributed by atoms with Crippen LogP contribution in [0, 0.1) is 5.41 Å². The van der Waals surface area contributed by atoms with Gasteiger partial charge in [0.2, 0.25) is 0 Å². The van der Waals surface area contributed by atoms with E-state index in [9.17, 15) is 4.79 Å². The van der Waals surface area contributed by atoms with Gasteiger partial charge in [0.25, 0.3) is 0 Å². The Hall–Kier alpha value is -0.810. The molecule has 1 spiro atoms. The first-order chi connectivity index (χ1) is 7.32. The second kappa shape index (κ2) is 3.60. The maximum absolute atomic E-state index is 11.8. The van der Waals surface area contributed by atoms with E-state index in [1.165, 1.54) is 0 Å². The second-order valence-electron chi connectivity index (χ2n) is 5.82. The van der Waals surface area contributed by atoms with Crippen molar-refractivity contribution in [1.82, 2.24) is 4.90 Å². The normalized spacial score (nSPS) is 28.0. The molecule has 0 bridgehead atoms. The molecular formula is C11H20N2O3. The SMILES string of the molecule is CC(C)(C)OC(=O)N1C[C@@H](N)C2(COC2)C1. The first-order valence-corrected chi connectivity index (χ1v) is 5.64. The van der Waals surface area contributed by atoms with Crippen molar-refractivity contribution in [2.45, 2.75) is 32.4 Å². The van der Waals surface area contributed by atoms with Gasteiger partial charge in [0.05, 0.1) is 18.6 Å². The van der Waals surface area contributed by atoms with Crippen LogP contribution in [0.25, 0.3) is 0 Å². The van der Waals surface area contributed by atoms with Crippen LogP contribution < -0.4 is 5.73 Å². The molecule has 0 aromatic heterocycles. The topological polar surface area (TPSA) is 64.8 Å². The first kappa shape index (κ1) is 11.7. The molecule has 0 aliphatic carbocycles. The maximum Gasteiger partial charge on any atom is 0.410 e. The summed E-state index contributed by atoms with van der Waals surface area (Å²) in [7, 11) is 0. The molecule has 2 rings (SSSR count). The van der Waals surface area contributed by atoms with Crippen LogP contribution >= 0.6 is 0 Å². The van der Waals surface area contributed by atoms with Crippen LogP contribution in [0.1, 0.15) is 20.8 Å². The average molecular weight is 228 g/mol. The minimum Gasteiger partial charge on any atom is -0.444 e. The van der Waals surface area contributed by atoms with E-state index in [1.54, 1.807) is 4.90 Å². The van der Waals surface area contributed by atoms with Crippen molar-refractivity contribution in [3.8, 4) is 0 Å². The minimum atomic E-state index is -0.451. The van der Waals surface area contributed by atoms with Crippen LogP contribution in [-0.4, -0.2) is 48.9 Å². The predicted octanol–water partition coefficient (Wildman–Crippen LogP) is 0.581. The zero-order valence-electron chi connectivity index (χ0n) is 10.2. The Bertz CT molecular complexity index is 294. The zero-order chi connectivity index (χ0) is 12.0. The molecule has 0 aromatic carbocycles. The largest absolute Gasteiger partial charge is 0.444 e. The molecule has 0 saturated carbocycles. The summed E-state index contributed by atoms with van der Waals surface area (Å²) in [4.78, 5) is 13.5. The summed E-state index contributed by atoms with van der Waals surface area (Å²) in [5.41, 5.74) is 5.57. The molecule has 2 heterocycles. The summed E-state index contributed by atoms with van der Waals surface area (Å²) in [6.07, 6.45) is -0.272. The third-order valence-corrected chi connectivity index (χ3v) is 3.14. The number of likely N-dealkylation sites (tertiary alicyclic amines) is 1. The van der Waals surface area contributed by atoms with Gasteiger partial charge in [-0.15, -0.1) is 0 Å². The van der Waals surface area contributed by atoms with Crippen molar-refractivity contribution < 1.29 is 14.3 Å². The highest BCUT2D eigenvalue weighted by Gasteiger charge is 2.52. The lowest BCUT2D eigenvalue weighted by Gasteiger charge is -2.40. The maximum atomic E-state index is 11.8. The zero-order valence-corrected chi connectivity index (χ0v) is 10.2. The average Bonchev–Trinajstić information content (AvgIpc) is 2.39. The van der Waals surface area contributed by atoms with Gasteiger partial charge in [0, 0.05) is 19.1 Å². The number of nitrogens with two attached hydrogens (primary N) is 1. The molecule has 2 N–H and O–H groups in total. The number of amides is 1. The summed E-state index contributed by atoms with van der Waals surface area (Å²) >= 11 is 0. The van der Waals surface area contributed by atoms with E-state index in [0.29, 0.717) is 26.3 Å². The predicted molar refractivity (Wildman–Crippen MR) is 59.0 cm³/mol. The summed E-state index contributed by atoms with van der Waals surface area (Å²) in [5, 5.41) is 0. The molecule has 0 unspecified atom stereocenters. The van der Waals surface area contributed by atoms with Crippen LogP contribution in [0.4, 0.5) is 4.79 Å². The van der Waals surface area contributed by atoms with Crippen LogP contribution in [-0.2, 0) is 9.47 Å². The van der Waals surface area contributed by atoms with Gasteiger partial charge in [-0.05, 0) is 20.8 Å². The fourth-order valence-electron chi connectivity index (χ4n) is 2.13. The van der Waals surface area contributed by atoms with E-state index in [-0.39, 0.29) is 17.6 Å². The number of hydrogen-bond donors (Lipinski definition) is 1. The molecule has 5 heteroatoms. The van der Waals surface area contributed by atoms with Gasteiger partial charge in [-0.25, -0.2) is 4.79 Å². The molecule has 1 atom stereocenters. The van der Waals surface area contributed by atoms with Gasteiger partial charge >= 0.3 is 6.09 Å². The second-order valence-corrected chi connectivity index (χ2v) is 5.82. The van der Waals surface area contributed by atoms with Crippen LogP contribution in [0.3, 0.4) is 0 Å². The Balaban J connectivity index is 1.95. The van der Waals surface area contributed by atoms with Crippen molar-refractivity contribution in [2.24, 2.45) is 11.1 Å². The molecule has 5 nitrogen and oxygen atoms in total. The van der Waals surface area contributed by atoms with Crippen molar-refractivity contribution >= 4 is 6.09 Å². The van der Waals surface area contributed by atoms with Gasteiger partial charge in [0.15, 0.2) is 0 Å². The van der Waals surface area contributed by atoms with Crippen molar-refractivity contribution in [3.05, 3.63) is 0 Å². The van der Waals surface area contributed by atoms with Gasteiger partial charge in [-0.3, -0.25) is 0 Å². The third-order valence-electron chi connectivity index (χ3n) is 3.14. The van der Waals surface area contributed by atoms with Crippen LogP contribution in [0.15, 0.2) is 0 Å². The quantitative estimate of drug-likeness (QED) is 0.658. The molecule has 1 amide bonds. The van der Waals surface area contributed by atoms with Gasteiger partial charge in [0.1, 0.15) is 5.60 Å². The third kappa shape index (κ3) is 2.01. The number of carbonyl (C=O) groups is 1. The van der Waals surface area contributed by atoms with Crippen molar-refractivity contribution in [1.29, 1.82) is 0 Å². The first-order valence-electron chi connectivity index (χ1n) is 5.64. The van der Waals surface area contributed by atoms with E-state index < -0.39 is 5.60 Å². The summed E-state index contributed by atoms with van der Waals surface area (Å²) in [6, 6.07) is 0.00812. The molecular weight excluding hydrogens is 208 g/mol. The Kier molecular flexibility index (Phi) is 2.62. The molecule has 2 aliphatic rings. The number of ether oxygens (including phenoxy) is 2. The monoisotopic (exact) mass is 228 g/mol. The molecule has 2 aliphatic heterocycles. The smallest absolute Gasteiger partial charge is 0.410 e. The molecule has 0 aromatic rings. The van der Waals surface area contributed by atoms with E-state index in [2.05, 4.69) is 0 Å². The van der Waals surface area contributed by atoms with E-state index in [4.69, 9.17) is 15.2 Å². The molecule has 0 radical (unpaired) electrons. The van der Waals surface area contributed by atoms with Gasteiger partial charge in [-0.2, -0.15) is 0 Å². The van der Waals surface area contributed by atoms with Crippen molar-refractivity contribution in [3.63, 3.8) is 0 Å². The highest BCUT2D eigenvalue weighted by Crippen LogP contribution is 2.37. The highest BCUT2D eigenvalue weighted by atomic mass is 16.6. The number of carbonyl (C=O) groups excluding carboxylic acids is 1. The Morgan fingerprint density at radius 2 is 2.12 bits per heavy atom. The standard InChI is InChI=1S/C11H20N2O3/c1-10(2,3)16-9(14)13-4-8(12)11(5-13)6-15-7-11/h8H,4-7,12H2,1-3H3/t8-/m1/s1. The molecule has 2 fully saturated rings. The fraction of sp³-hybridized carbons (Fsp3) is 0.909. The molecule has 16 heavy (non-hydrogen) atoms. The molecule has 92 valence electrons. The number of nitrogens with zero attached hydrogens (tertiary/aromatic N) is 1. The minimum absolute atomic E-state index is 0.00812. The lowest BCUT2D eigenvalue weighted by Crippen LogP contribution is -2.54. The highest BCUT2D eigenvalue weighted by molar-refractivity contribution is 5.69. The lowest BCUT2D eigenvalue weighted by atomic mass is 9.82. The Morgan fingerprint density at radius 3 is 2.50 bits per heavy atom. The molecule has 2 saturated heterocycles. The van der Waals surface area contributed by atoms with Crippen LogP contribution in [0.5, 0.6) is 0 Å². The van der Waals surface area contributed by atoms with Crippen LogP contribution in [0.2, 0.25) is 0 Å². The Morgan fingerprint density at radius 1 is 1.50 bits per heavy atom. The lowest BCUT2D eigenvalue weighted by molar-refractivity contribution is -0.111. The summed E-state index contributed by atoms with van der Waals surface area (Å²) in [5.74, 6) is 0. The van der Waals surface area contributed by atoms with E-state index in [0.717, 1.165) is 0 Å².